The molecule has 0 radical (unpaired) electrons. The summed E-state index contributed by atoms with van der Waals surface area (Å²) in [4.78, 5) is 36.7. The molecule has 40 heavy (non-hydrogen) atoms. The van der Waals surface area contributed by atoms with Crippen molar-refractivity contribution in [3.05, 3.63) is 130 Å². The number of amides is 2. The van der Waals surface area contributed by atoms with Crippen molar-refractivity contribution in [2.75, 3.05) is 16.2 Å². The van der Waals surface area contributed by atoms with Crippen LogP contribution in [0, 0.1) is 10.1 Å². The monoisotopic (exact) mass is 558 g/mol. The van der Waals surface area contributed by atoms with Crippen molar-refractivity contribution in [2.24, 2.45) is 0 Å². The summed E-state index contributed by atoms with van der Waals surface area (Å²) >= 11 is 0. The minimum atomic E-state index is -4.22. The molecule has 0 bridgehead atoms. The average molecular weight is 559 g/mol. The van der Waals surface area contributed by atoms with E-state index in [0.29, 0.717) is 0 Å². The quantitative estimate of drug-likeness (QED) is 0.209. The van der Waals surface area contributed by atoms with Gasteiger partial charge in [0.1, 0.15) is 6.54 Å². The highest BCUT2D eigenvalue weighted by Gasteiger charge is 2.28. The zero-order valence-electron chi connectivity index (χ0n) is 21.4. The first kappa shape index (κ1) is 28.0. The van der Waals surface area contributed by atoms with Gasteiger partial charge in [0.25, 0.3) is 21.6 Å². The first-order chi connectivity index (χ1) is 19.2. The van der Waals surface area contributed by atoms with Gasteiger partial charge in [-0.1, -0.05) is 60.7 Å². The normalized spacial score (nSPS) is 11.7. The van der Waals surface area contributed by atoms with E-state index in [-0.39, 0.29) is 33.6 Å². The lowest BCUT2D eigenvalue weighted by Crippen LogP contribution is -2.38. The molecule has 1 atom stereocenters. The summed E-state index contributed by atoms with van der Waals surface area (Å²) in [7, 11) is -4.22. The van der Waals surface area contributed by atoms with E-state index >= 15 is 0 Å². The summed E-state index contributed by atoms with van der Waals surface area (Å²) in [6.45, 7) is 1.19. The van der Waals surface area contributed by atoms with E-state index in [0.717, 1.165) is 22.0 Å². The molecule has 0 fully saturated rings. The fourth-order valence-electron chi connectivity index (χ4n) is 3.99. The standard InChI is InChI=1S/C29H26N4O6S/c1-21(22-10-4-2-5-11-22)30-29(35)26-14-8-9-15-27(26)31-28(34)20-32(23-16-18-24(19-17-23)33(36)37)40(38,39)25-12-6-3-7-13-25/h2-19,21H,20H2,1H3,(H,30,35)(H,31,34)/t21-/m1/s1. The summed E-state index contributed by atoms with van der Waals surface area (Å²) in [6, 6.07) is 27.9. The van der Waals surface area contributed by atoms with Crippen LogP contribution in [0.5, 0.6) is 0 Å². The Hall–Kier alpha value is -5.03. The number of carbonyl (C=O) groups excluding carboxylic acids is 2. The van der Waals surface area contributed by atoms with Crippen LogP contribution in [0.15, 0.2) is 114 Å². The van der Waals surface area contributed by atoms with Crippen LogP contribution >= 0.6 is 0 Å². The second-order valence-corrected chi connectivity index (χ2v) is 10.7. The highest BCUT2D eigenvalue weighted by molar-refractivity contribution is 7.92. The van der Waals surface area contributed by atoms with Gasteiger partial charge in [-0.2, -0.15) is 0 Å². The largest absolute Gasteiger partial charge is 0.345 e. The zero-order valence-corrected chi connectivity index (χ0v) is 22.2. The number of nitrogens with zero attached hydrogens (tertiary/aromatic N) is 2. The molecular weight excluding hydrogens is 532 g/mol. The number of benzene rings is 4. The zero-order chi connectivity index (χ0) is 28.7. The maximum atomic E-state index is 13.5. The molecule has 204 valence electrons. The lowest BCUT2D eigenvalue weighted by molar-refractivity contribution is -0.384. The SMILES string of the molecule is C[C@@H](NC(=O)c1ccccc1NC(=O)CN(c1ccc([N+](=O)[O-])cc1)S(=O)(=O)c1ccccc1)c1ccccc1. The highest BCUT2D eigenvalue weighted by atomic mass is 32.2. The number of anilines is 2. The van der Waals surface area contributed by atoms with E-state index in [1.165, 1.54) is 24.3 Å². The van der Waals surface area contributed by atoms with E-state index in [4.69, 9.17) is 0 Å². The molecule has 4 aromatic rings. The Balaban J connectivity index is 1.58. The molecule has 0 saturated heterocycles. The van der Waals surface area contributed by atoms with Crippen molar-refractivity contribution in [2.45, 2.75) is 17.9 Å². The predicted molar refractivity (Wildman–Crippen MR) is 151 cm³/mol. The number of nitro benzene ring substituents is 1. The van der Waals surface area contributed by atoms with E-state index in [9.17, 15) is 28.1 Å². The van der Waals surface area contributed by atoms with Gasteiger partial charge in [-0.05, 0) is 48.9 Å². The maximum Gasteiger partial charge on any atom is 0.269 e. The van der Waals surface area contributed by atoms with Crippen molar-refractivity contribution in [1.29, 1.82) is 0 Å². The molecule has 0 aliphatic carbocycles. The molecule has 0 aromatic heterocycles. The Kier molecular flexibility index (Phi) is 8.55. The van der Waals surface area contributed by atoms with Gasteiger partial charge in [-0.25, -0.2) is 8.42 Å². The Bertz CT molecular complexity index is 1610. The molecule has 11 heteroatoms. The third kappa shape index (κ3) is 6.51. The number of nitro groups is 1. The van der Waals surface area contributed by atoms with Gasteiger partial charge in [0.2, 0.25) is 5.91 Å². The first-order valence-electron chi connectivity index (χ1n) is 12.2. The molecule has 0 spiro atoms. The molecule has 10 nitrogen and oxygen atoms in total. The highest BCUT2D eigenvalue weighted by Crippen LogP contribution is 2.26. The van der Waals surface area contributed by atoms with Crippen LogP contribution in [0.25, 0.3) is 0 Å². The van der Waals surface area contributed by atoms with Gasteiger partial charge in [-0.15, -0.1) is 0 Å². The second kappa shape index (κ2) is 12.2. The number of non-ortho nitro benzene ring substituents is 1. The summed E-state index contributed by atoms with van der Waals surface area (Å²) in [5.74, 6) is -1.13. The van der Waals surface area contributed by atoms with Crippen molar-refractivity contribution in [3.8, 4) is 0 Å². The molecule has 0 unspecified atom stereocenters. The Labute approximate surface area is 231 Å². The first-order valence-corrected chi connectivity index (χ1v) is 13.7. The summed E-state index contributed by atoms with van der Waals surface area (Å²) < 4.78 is 27.9. The minimum absolute atomic E-state index is 0.0594. The van der Waals surface area contributed by atoms with Crippen LogP contribution in [-0.2, 0) is 14.8 Å². The third-order valence-electron chi connectivity index (χ3n) is 6.06. The number of hydrogen-bond acceptors (Lipinski definition) is 6. The van der Waals surface area contributed by atoms with Gasteiger partial charge >= 0.3 is 0 Å². The molecule has 4 rings (SSSR count). The predicted octanol–water partition coefficient (Wildman–Crippen LogP) is 4.92. The number of para-hydroxylation sites is 1. The van der Waals surface area contributed by atoms with Gasteiger partial charge in [0.05, 0.1) is 32.8 Å². The van der Waals surface area contributed by atoms with Gasteiger partial charge in [-0.3, -0.25) is 24.0 Å². The molecule has 0 heterocycles. The van der Waals surface area contributed by atoms with Crippen molar-refractivity contribution >= 4 is 38.9 Å². The lowest BCUT2D eigenvalue weighted by Gasteiger charge is -2.24. The second-order valence-electron chi connectivity index (χ2n) is 8.80. The number of rotatable bonds is 10. The smallest absolute Gasteiger partial charge is 0.269 e. The van der Waals surface area contributed by atoms with Crippen LogP contribution in [0.3, 0.4) is 0 Å². The molecule has 2 amide bonds. The van der Waals surface area contributed by atoms with Crippen LogP contribution in [0.1, 0.15) is 28.9 Å². The van der Waals surface area contributed by atoms with Crippen LogP contribution < -0.4 is 14.9 Å². The maximum absolute atomic E-state index is 13.5. The van der Waals surface area contributed by atoms with Crippen molar-refractivity contribution in [3.63, 3.8) is 0 Å². The Morgan fingerprint density at radius 2 is 1.43 bits per heavy atom. The Morgan fingerprint density at radius 3 is 2.05 bits per heavy atom. The molecule has 4 aromatic carbocycles. The van der Waals surface area contributed by atoms with Crippen LogP contribution in [-0.4, -0.2) is 31.7 Å². The number of hydrogen-bond donors (Lipinski definition) is 2. The summed E-state index contributed by atoms with van der Waals surface area (Å²) in [5.41, 5.74) is 1.14. The number of sulfonamides is 1. The van der Waals surface area contributed by atoms with E-state index < -0.39 is 33.3 Å². The summed E-state index contributed by atoms with van der Waals surface area (Å²) in [6.07, 6.45) is 0. The minimum Gasteiger partial charge on any atom is -0.345 e. The molecule has 0 saturated carbocycles. The molecule has 0 aliphatic heterocycles. The summed E-state index contributed by atoms with van der Waals surface area (Å²) in [5, 5.41) is 16.6. The topological polar surface area (TPSA) is 139 Å². The van der Waals surface area contributed by atoms with E-state index in [1.54, 1.807) is 42.5 Å². The third-order valence-corrected chi connectivity index (χ3v) is 7.85. The lowest BCUT2D eigenvalue weighted by atomic mass is 10.1. The van der Waals surface area contributed by atoms with Crippen LogP contribution in [0.4, 0.5) is 17.1 Å². The van der Waals surface area contributed by atoms with Crippen molar-refractivity contribution < 1.29 is 22.9 Å². The number of carbonyl (C=O) groups is 2. The van der Waals surface area contributed by atoms with Gasteiger partial charge < -0.3 is 10.6 Å². The molecular formula is C29H26N4O6S. The Morgan fingerprint density at radius 1 is 0.850 bits per heavy atom. The van der Waals surface area contributed by atoms with E-state index in [1.807, 2.05) is 37.3 Å². The van der Waals surface area contributed by atoms with Crippen molar-refractivity contribution in [1.82, 2.24) is 5.32 Å². The fourth-order valence-corrected chi connectivity index (χ4v) is 5.43. The van der Waals surface area contributed by atoms with Gasteiger partial charge in [0, 0.05) is 12.1 Å². The average Bonchev–Trinajstić information content (AvgIpc) is 2.97. The molecule has 2 N–H and O–H groups in total. The van der Waals surface area contributed by atoms with E-state index in [2.05, 4.69) is 10.6 Å². The fraction of sp³-hybridized carbons (Fsp3) is 0.103. The van der Waals surface area contributed by atoms with Gasteiger partial charge in [0.15, 0.2) is 0 Å². The number of nitrogens with one attached hydrogen (secondary N) is 2. The van der Waals surface area contributed by atoms with Crippen LogP contribution in [0.2, 0.25) is 0 Å². The molecule has 0 aliphatic rings.